The number of halogens is 3. The van der Waals surface area contributed by atoms with Gasteiger partial charge < -0.3 is 10.1 Å². The average Bonchev–Trinajstić information content (AvgIpc) is 2.88. The number of nitrogens with one attached hydrogen (secondary N) is 1. The lowest BCUT2D eigenvalue weighted by atomic mass is 9.94. The average molecular weight is 532 g/mol. The second kappa shape index (κ2) is 9.86. The molecule has 0 saturated carbocycles. The minimum Gasteiger partial charge on any atom is -0.379 e. The smallest absolute Gasteiger partial charge is 0.379 e. The molecule has 0 aromatic heterocycles. The van der Waals surface area contributed by atoms with Crippen LogP contribution in [0, 0.1) is 22.7 Å². The highest BCUT2D eigenvalue weighted by atomic mass is 32.2. The number of ether oxygens (including phenoxy) is 1. The molecular formula is C24H20F3N5O4S. The Kier molecular flexibility index (Phi) is 6.97. The number of urea groups is 1. The van der Waals surface area contributed by atoms with E-state index in [4.69, 9.17) is 4.74 Å². The largest absolute Gasteiger partial charge is 0.416 e. The summed E-state index contributed by atoms with van der Waals surface area (Å²) in [6.45, 7) is 1.92. The highest BCUT2D eigenvalue weighted by Gasteiger charge is 2.38. The highest BCUT2D eigenvalue weighted by Crippen LogP contribution is 2.38. The van der Waals surface area contributed by atoms with Crippen molar-refractivity contribution >= 4 is 21.7 Å². The molecule has 1 N–H and O–H groups in total. The number of allylic oxidation sites excluding steroid dienone is 1. The van der Waals surface area contributed by atoms with Gasteiger partial charge in [0.1, 0.15) is 0 Å². The summed E-state index contributed by atoms with van der Waals surface area (Å²) in [7, 11) is -4.15. The number of nitriles is 2. The molecule has 1 atom stereocenters. The van der Waals surface area contributed by atoms with E-state index in [0.717, 1.165) is 23.1 Å². The van der Waals surface area contributed by atoms with Crippen LogP contribution in [0.3, 0.4) is 0 Å². The lowest BCUT2D eigenvalue weighted by Gasteiger charge is -2.35. The first-order chi connectivity index (χ1) is 17.5. The third-order valence-corrected chi connectivity index (χ3v) is 8.03. The zero-order valence-electron chi connectivity index (χ0n) is 19.4. The second-order valence-electron chi connectivity index (χ2n) is 8.26. The minimum absolute atomic E-state index is 0.0367. The molecule has 1 fully saturated rings. The number of benzene rings is 2. The fourth-order valence-electron chi connectivity index (χ4n) is 4.24. The van der Waals surface area contributed by atoms with Crippen LogP contribution in [0.5, 0.6) is 0 Å². The fourth-order valence-corrected chi connectivity index (χ4v) is 5.91. The Balaban J connectivity index is 1.84. The van der Waals surface area contributed by atoms with E-state index in [2.05, 4.69) is 5.32 Å². The number of carbonyl (C=O) groups is 1. The number of nitrogens with zero attached hydrogens (tertiary/aromatic N) is 4. The lowest BCUT2D eigenvalue weighted by Crippen LogP contribution is -2.47. The molecule has 0 spiro atoms. The predicted octanol–water partition coefficient (Wildman–Crippen LogP) is 3.67. The molecular weight excluding hydrogens is 511 g/mol. The summed E-state index contributed by atoms with van der Waals surface area (Å²) in [6.07, 6.45) is -4.65. The van der Waals surface area contributed by atoms with Crippen LogP contribution in [0.4, 0.5) is 23.7 Å². The van der Waals surface area contributed by atoms with Crippen molar-refractivity contribution in [2.45, 2.75) is 24.0 Å². The molecule has 1 saturated heterocycles. The van der Waals surface area contributed by atoms with E-state index in [-0.39, 0.29) is 59.3 Å². The van der Waals surface area contributed by atoms with Crippen molar-refractivity contribution in [3.05, 3.63) is 70.4 Å². The minimum atomic E-state index is -4.65. The van der Waals surface area contributed by atoms with Crippen molar-refractivity contribution in [1.82, 2.24) is 9.62 Å². The quantitative estimate of drug-likeness (QED) is 0.642. The molecule has 2 heterocycles. The Labute approximate surface area is 211 Å². The van der Waals surface area contributed by atoms with Gasteiger partial charge in [-0.1, -0.05) is 12.1 Å². The van der Waals surface area contributed by atoms with Gasteiger partial charge in [-0.15, -0.1) is 0 Å². The van der Waals surface area contributed by atoms with Crippen LogP contribution >= 0.6 is 0 Å². The van der Waals surface area contributed by atoms with E-state index in [9.17, 15) is 36.9 Å². The Morgan fingerprint density at radius 3 is 2.41 bits per heavy atom. The van der Waals surface area contributed by atoms with E-state index in [1.165, 1.54) is 35.5 Å². The van der Waals surface area contributed by atoms with Crippen LogP contribution < -0.4 is 10.2 Å². The van der Waals surface area contributed by atoms with Gasteiger partial charge in [0.25, 0.3) is 0 Å². The van der Waals surface area contributed by atoms with Gasteiger partial charge in [-0.2, -0.15) is 28.0 Å². The number of anilines is 1. The number of morpholine rings is 1. The molecule has 192 valence electrons. The Hall–Kier alpha value is -3.91. The maximum atomic E-state index is 13.5. The SMILES string of the molecule is CC1=C(C#N)C(c2ccc(C#N)cc2S(=O)(=O)N2CCOCC2)NC(=O)N1c1cccc(C(F)(F)F)c1. The molecule has 2 aromatic carbocycles. The van der Waals surface area contributed by atoms with Gasteiger partial charge in [-0.05, 0) is 42.8 Å². The Bertz CT molecular complexity index is 1470. The summed E-state index contributed by atoms with van der Waals surface area (Å²) in [6, 6.07) is 9.75. The number of hydrogen-bond donors (Lipinski definition) is 1. The molecule has 13 heteroatoms. The molecule has 0 aliphatic carbocycles. The first-order valence-electron chi connectivity index (χ1n) is 11.0. The van der Waals surface area contributed by atoms with Crippen LogP contribution in [0.1, 0.15) is 29.7 Å². The van der Waals surface area contributed by atoms with Gasteiger partial charge in [0.05, 0.1) is 58.7 Å². The number of alkyl halides is 3. The molecule has 37 heavy (non-hydrogen) atoms. The van der Waals surface area contributed by atoms with Gasteiger partial charge in [0, 0.05) is 18.8 Å². The third kappa shape index (κ3) is 4.89. The molecule has 2 amide bonds. The third-order valence-electron chi connectivity index (χ3n) is 6.08. The zero-order chi connectivity index (χ0) is 27.0. The summed E-state index contributed by atoms with van der Waals surface area (Å²) < 4.78 is 73.2. The number of carbonyl (C=O) groups excluding carboxylic acids is 1. The van der Waals surface area contributed by atoms with Crippen LogP contribution in [-0.2, 0) is 20.9 Å². The second-order valence-corrected chi connectivity index (χ2v) is 10.2. The molecule has 0 bridgehead atoms. The van der Waals surface area contributed by atoms with Crippen molar-refractivity contribution in [3.8, 4) is 12.1 Å². The van der Waals surface area contributed by atoms with Gasteiger partial charge in [0.15, 0.2) is 0 Å². The predicted molar refractivity (Wildman–Crippen MR) is 124 cm³/mol. The summed E-state index contributed by atoms with van der Waals surface area (Å²) in [5, 5.41) is 21.9. The van der Waals surface area contributed by atoms with Crippen molar-refractivity contribution in [2.24, 2.45) is 0 Å². The van der Waals surface area contributed by atoms with Gasteiger partial charge in [-0.3, -0.25) is 4.90 Å². The van der Waals surface area contributed by atoms with Gasteiger partial charge in [0.2, 0.25) is 10.0 Å². The van der Waals surface area contributed by atoms with E-state index in [0.29, 0.717) is 0 Å². The Morgan fingerprint density at radius 1 is 1.08 bits per heavy atom. The molecule has 4 rings (SSSR count). The fraction of sp³-hybridized carbons (Fsp3) is 0.292. The maximum absolute atomic E-state index is 13.5. The molecule has 0 radical (unpaired) electrons. The van der Waals surface area contributed by atoms with Crippen LogP contribution in [-0.4, -0.2) is 45.1 Å². The van der Waals surface area contributed by atoms with E-state index in [1.54, 1.807) is 0 Å². The first-order valence-corrected chi connectivity index (χ1v) is 12.4. The van der Waals surface area contributed by atoms with Crippen molar-refractivity contribution in [1.29, 1.82) is 10.5 Å². The maximum Gasteiger partial charge on any atom is 0.416 e. The topological polar surface area (TPSA) is 127 Å². The molecule has 2 aromatic rings. The number of amides is 2. The number of sulfonamides is 1. The standard InChI is InChI=1S/C24H20F3N5O4S/c1-15-20(14-29)22(30-23(33)32(15)18-4-2-3-17(12-18)24(25,26)27)19-6-5-16(13-28)11-21(19)37(34,35)31-7-9-36-10-8-31/h2-6,11-12,22H,7-10H2,1H3,(H,30,33). The summed E-state index contributed by atoms with van der Waals surface area (Å²) in [5.41, 5.74) is -1.01. The summed E-state index contributed by atoms with van der Waals surface area (Å²) >= 11 is 0. The Morgan fingerprint density at radius 2 is 1.78 bits per heavy atom. The van der Waals surface area contributed by atoms with E-state index in [1.807, 2.05) is 12.1 Å². The number of rotatable bonds is 4. The normalized spacial score (nSPS) is 19.2. The van der Waals surface area contributed by atoms with Crippen molar-refractivity contribution in [3.63, 3.8) is 0 Å². The van der Waals surface area contributed by atoms with Gasteiger partial charge in [-0.25, -0.2) is 13.2 Å². The van der Waals surface area contributed by atoms with Crippen LogP contribution in [0.25, 0.3) is 0 Å². The van der Waals surface area contributed by atoms with Crippen LogP contribution in [0.15, 0.2) is 58.6 Å². The monoisotopic (exact) mass is 531 g/mol. The first kappa shape index (κ1) is 26.2. The van der Waals surface area contributed by atoms with E-state index < -0.39 is 33.8 Å². The van der Waals surface area contributed by atoms with E-state index >= 15 is 0 Å². The van der Waals surface area contributed by atoms with Crippen molar-refractivity contribution in [2.75, 3.05) is 31.2 Å². The molecule has 9 nitrogen and oxygen atoms in total. The molecule has 1 unspecified atom stereocenters. The van der Waals surface area contributed by atoms with Crippen molar-refractivity contribution < 1.29 is 31.1 Å². The van der Waals surface area contributed by atoms with Gasteiger partial charge >= 0.3 is 12.2 Å². The summed E-state index contributed by atoms with van der Waals surface area (Å²) in [5.74, 6) is 0. The molecule has 2 aliphatic rings. The number of hydrogen-bond acceptors (Lipinski definition) is 6. The zero-order valence-corrected chi connectivity index (χ0v) is 20.2. The summed E-state index contributed by atoms with van der Waals surface area (Å²) in [4.78, 5) is 13.8. The highest BCUT2D eigenvalue weighted by molar-refractivity contribution is 7.89. The molecule has 2 aliphatic heterocycles. The lowest BCUT2D eigenvalue weighted by molar-refractivity contribution is -0.137. The van der Waals surface area contributed by atoms with Crippen LogP contribution in [0.2, 0.25) is 0 Å².